The van der Waals surface area contributed by atoms with Crippen LogP contribution in [-0.2, 0) is 9.53 Å². The fourth-order valence-electron chi connectivity index (χ4n) is 2.53. The van der Waals surface area contributed by atoms with Crippen LogP contribution in [0.3, 0.4) is 0 Å². The van der Waals surface area contributed by atoms with Crippen LogP contribution in [0.4, 0.5) is 0 Å². The smallest absolute Gasteiger partial charge is 0.141 e. The number of carbonyl (C=O) groups is 1. The van der Waals surface area contributed by atoms with E-state index < -0.39 is 0 Å². The van der Waals surface area contributed by atoms with Gasteiger partial charge in [0, 0.05) is 13.5 Å². The molecule has 2 heteroatoms. The minimum Gasteiger partial charge on any atom is -0.384 e. The molecule has 0 saturated carbocycles. The Labute approximate surface area is 120 Å². The molecule has 0 fully saturated rings. The van der Waals surface area contributed by atoms with Crippen molar-refractivity contribution in [2.75, 3.05) is 13.7 Å². The summed E-state index contributed by atoms with van der Waals surface area (Å²) in [4.78, 5) is 12.6. The van der Waals surface area contributed by atoms with Gasteiger partial charge in [-0.1, -0.05) is 34.6 Å². The first-order valence-electron chi connectivity index (χ1n) is 7.90. The van der Waals surface area contributed by atoms with Crippen molar-refractivity contribution in [3.05, 3.63) is 0 Å². The Morgan fingerprint density at radius 1 is 1.05 bits per heavy atom. The molecule has 0 aliphatic carbocycles. The number of hydrogen-bond acceptors (Lipinski definition) is 2. The molecule has 0 unspecified atom stereocenters. The van der Waals surface area contributed by atoms with Crippen molar-refractivity contribution >= 4 is 5.78 Å². The molecule has 0 rings (SSSR count). The Kier molecular flexibility index (Phi) is 9.34. The van der Waals surface area contributed by atoms with E-state index >= 15 is 0 Å². The summed E-state index contributed by atoms with van der Waals surface area (Å²) in [7, 11) is 1.72. The van der Waals surface area contributed by atoms with E-state index in [4.69, 9.17) is 4.74 Å². The zero-order valence-electron chi connectivity index (χ0n) is 13.9. The van der Waals surface area contributed by atoms with Gasteiger partial charge in [-0.3, -0.25) is 4.79 Å². The second-order valence-electron chi connectivity index (χ2n) is 6.75. The van der Waals surface area contributed by atoms with Gasteiger partial charge in [0.05, 0.1) is 12.0 Å². The fourth-order valence-corrected chi connectivity index (χ4v) is 2.53. The lowest BCUT2D eigenvalue weighted by atomic mass is 9.72. The molecule has 19 heavy (non-hydrogen) atoms. The van der Waals surface area contributed by atoms with E-state index in [0.29, 0.717) is 30.6 Å². The van der Waals surface area contributed by atoms with Gasteiger partial charge >= 0.3 is 0 Å². The molecule has 0 bridgehead atoms. The largest absolute Gasteiger partial charge is 0.384 e. The second-order valence-corrected chi connectivity index (χ2v) is 6.75. The highest BCUT2D eigenvalue weighted by Crippen LogP contribution is 2.35. The van der Waals surface area contributed by atoms with Crippen molar-refractivity contribution in [2.24, 2.45) is 17.3 Å². The maximum absolute atomic E-state index is 12.6. The lowest BCUT2D eigenvalue weighted by molar-refractivity contribution is -0.133. The minimum absolute atomic E-state index is 0.237. The van der Waals surface area contributed by atoms with Crippen molar-refractivity contribution < 1.29 is 9.53 Å². The van der Waals surface area contributed by atoms with Gasteiger partial charge in [-0.15, -0.1) is 0 Å². The maximum atomic E-state index is 12.6. The number of hydrogen-bond donors (Lipinski definition) is 0. The summed E-state index contributed by atoms with van der Waals surface area (Å²) in [6.45, 7) is 11.6. The van der Waals surface area contributed by atoms with Crippen LogP contribution in [-0.4, -0.2) is 19.5 Å². The summed E-state index contributed by atoms with van der Waals surface area (Å²) in [5, 5.41) is 0. The van der Waals surface area contributed by atoms with Crippen molar-refractivity contribution in [3.63, 3.8) is 0 Å². The van der Waals surface area contributed by atoms with Crippen molar-refractivity contribution in [3.8, 4) is 0 Å². The minimum atomic E-state index is -0.237. The van der Waals surface area contributed by atoms with Gasteiger partial charge in [0.25, 0.3) is 0 Å². The van der Waals surface area contributed by atoms with Crippen molar-refractivity contribution in [1.29, 1.82) is 0 Å². The van der Waals surface area contributed by atoms with E-state index in [9.17, 15) is 4.79 Å². The molecule has 0 aromatic carbocycles. The highest BCUT2D eigenvalue weighted by atomic mass is 16.5. The summed E-state index contributed by atoms with van der Waals surface area (Å²) >= 11 is 0. The van der Waals surface area contributed by atoms with Crippen LogP contribution in [0.25, 0.3) is 0 Å². The summed E-state index contributed by atoms with van der Waals surface area (Å²) in [6.07, 6.45) is 5.80. The maximum Gasteiger partial charge on any atom is 0.141 e. The number of carbonyl (C=O) groups excluding carboxylic acids is 1. The number of rotatable bonds is 11. The predicted molar refractivity (Wildman–Crippen MR) is 82.4 cm³/mol. The van der Waals surface area contributed by atoms with Crippen LogP contribution in [0.1, 0.15) is 73.1 Å². The van der Waals surface area contributed by atoms with Gasteiger partial charge < -0.3 is 4.74 Å². The Hall–Kier alpha value is -0.370. The van der Waals surface area contributed by atoms with Crippen LogP contribution in [0.15, 0.2) is 0 Å². The third kappa shape index (κ3) is 7.10. The topological polar surface area (TPSA) is 26.3 Å². The van der Waals surface area contributed by atoms with Crippen LogP contribution >= 0.6 is 0 Å². The third-order valence-corrected chi connectivity index (χ3v) is 3.89. The molecule has 0 aliphatic heterocycles. The summed E-state index contributed by atoms with van der Waals surface area (Å²) in [5.74, 6) is 1.70. The molecule has 0 N–H and O–H groups in total. The molecule has 0 aromatic rings. The SMILES string of the molecule is CCCC(=O)C(CCC(C)C)(CCC(C)C)COC. The predicted octanol–water partition coefficient (Wildman–Crippen LogP) is 4.86. The molecular weight excluding hydrogens is 236 g/mol. The molecule has 0 spiro atoms. The summed E-state index contributed by atoms with van der Waals surface area (Å²) in [6, 6.07) is 0. The van der Waals surface area contributed by atoms with Crippen molar-refractivity contribution in [2.45, 2.75) is 73.1 Å². The van der Waals surface area contributed by atoms with Crippen molar-refractivity contribution in [1.82, 2.24) is 0 Å². The Balaban J connectivity index is 4.91. The highest BCUT2D eigenvalue weighted by molar-refractivity contribution is 5.84. The van der Waals surface area contributed by atoms with Crippen LogP contribution in [0.5, 0.6) is 0 Å². The number of methoxy groups -OCH3 is 1. The van der Waals surface area contributed by atoms with Gasteiger partial charge in [0.2, 0.25) is 0 Å². The van der Waals surface area contributed by atoms with Crippen LogP contribution in [0.2, 0.25) is 0 Å². The Morgan fingerprint density at radius 3 is 1.84 bits per heavy atom. The first-order valence-corrected chi connectivity index (χ1v) is 7.90. The number of ketones is 1. The van der Waals surface area contributed by atoms with Gasteiger partial charge in [0.1, 0.15) is 5.78 Å². The molecular formula is C17H34O2. The molecule has 2 nitrogen and oxygen atoms in total. The standard InChI is InChI=1S/C17H34O2/c1-7-8-16(18)17(13-19-6,11-9-14(2)3)12-10-15(4)5/h14-15H,7-13H2,1-6H3. The van der Waals surface area contributed by atoms with E-state index in [2.05, 4.69) is 34.6 Å². The summed E-state index contributed by atoms with van der Waals surface area (Å²) in [5.41, 5.74) is -0.237. The molecule has 0 heterocycles. The quantitative estimate of drug-likeness (QED) is 0.536. The van der Waals surface area contributed by atoms with E-state index in [1.54, 1.807) is 7.11 Å². The van der Waals surface area contributed by atoms with Crippen LogP contribution < -0.4 is 0 Å². The second kappa shape index (κ2) is 9.52. The van der Waals surface area contributed by atoms with Crippen LogP contribution in [0, 0.1) is 17.3 Å². The van der Waals surface area contributed by atoms with E-state index in [1.807, 2.05) is 0 Å². The number of ether oxygens (including phenoxy) is 1. The van der Waals surface area contributed by atoms with Gasteiger partial charge in [0.15, 0.2) is 0 Å². The molecule has 0 atom stereocenters. The molecule has 0 aliphatic rings. The zero-order valence-corrected chi connectivity index (χ0v) is 13.9. The fraction of sp³-hybridized carbons (Fsp3) is 0.941. The highest BCUT2D eigenvalue weighted by Gasteiger charge is 2.36. The molecule has 114 valence electrons. The Morgan fingerprint density at radius 2 is 1.53 bits per heavy atom. The van der Waals surface area contributed by atoms with E-state index in [0.717, 1.165) is 32.1 Å². The Bertz CT molecular complexity index is 232. The average molecular weight is 270 g/mol. The zero-order chi connectivity index (χ0) is 14.9. The average Bonchev–Trinajstić information content (AvgIpc) is 2.33. The molecule has 0 aromatic heterocycles. The lowest BCUT2D eigenvalue weighted by Crippen LogP contribution is -2.36. The molecule has 0 radical (unpaired) electrons. The normalized spacial score (nSPS) is 12.4. The molecule has 0 saturated heterocycles. The monoisotopic (exact) mass is 270 g/mol. The van der Waals surface area contributed by atoms with Gasteiger partial charge in [-0.25, -0.2) is 0 Å². The van der Waals surface area contributed by atoms with Gasteiger partial charge in [-0.05, 0) is 43.9 Å². The lowest BCUT2D eigenvalue weighted by Gasteiger charge is -2.33. The first kappa shape index (κ1) is 18.6. The van der Waals surface area contributed by atoms with E-state index in [-0.39, 0.29) is 5.41 Å². The van der Waals surface area contributed by atoms with Gasteiger partial charge in [-0.2, -0.15) is 0 Å². The summed E-state index contributed by atoms with van der Waals surface area (Å²) < 4.78 is 5.42. The number of Topliss-reactive ketones (excluding diaryl/α,β-unsaturated/α-hetero) is 1. The molecule has 0 amide bonds. The first-order chi connectivity index (χ1) is 8.88. The van der Waals surface area contributed by atoms with E-state index in [1.165, 1.54) is 0 Å². The third-order valence-electron chi connectivity index (χ3n) is 3.89.